The van der Waals surface area contributed by atoms with Crippen molar-refractivity contribution in [3.8, 4) is 5.88 Å². The van der Waals surface area contributed by atoms with Gasteiger partial charge in [-0.05, 0) is 30.9 Å². The van der Waals surface area contributed by atoms with Gasteiger partial charge in [0.15, 0.2) is 0 Å². The van der Waals surface area contributed by atoms with Gasteiger partial charge < -0.3 is 19.6 Å². The molecule has 0 aliphatic carbocycles. The Morgan fingerprint density at radius 2 is 2.00 bits per heavy atom. The molecule has 0 atom stereocenters. The maximum absolute atomic E-state index is 9.75. The molecule has 2 heterocycles. The van der Waals surface area contributed by atoms with Crippen LogP contribution in [-0.2, 0) is 13.0 Å². The molecule has 3 N–H and O–H groups in total. The number of aryl methyl sites for hydroxylation is 1. The molecule has 1 aromatic carbocycles. The predicted octanol–water partition coefficient (Wildman–Crippen LogP) is 2.66. The lowest BCUT2D eigenvalue weighted by molar-refractivity contribution is 0.207. The number of methoxy groups -OCH3 is 1. The SMILES string of the molecule is CCc1nc(OC)c(N=C(NO)N2CCN(c3ccccc3SC)CC2)cc1CO. The van der Waals surface area contributed by atoms with Crippen LogP contribution in [0.5, 0.6) is 5.88 Å². The standard InChI is InChI=1S/C21H29N5O3S/c1-4-16-15(14-27)13-17(20(22-16)29-2)23-21(24-28)26-11-9-25(10-12-26)18-7-5-6-8-19(18)30-3/h5-8,13,27-28H,4,9-12,14H2,1-3H3,(H,23,24). The van der Waals surface area contributed by atoms with Gasteiger partial charge in [-0.25, -0.2) is 15.5 Å². The van der Waals surface area contributed by atoms with E-state index >= 15 is 0 Å². The van der Waals surface area contributed by atoms with Crippen molar-refractivity contribution in [2.24, 2.45) is 4.99 Å². The fraction of sp³-hybridized carbons (Fsp3) is 0.429. The average molecular weight is 432 g/mol. The molecule has 0 spiro atoms. The van der Waals surface area contributed by atoms with Gasteiger partial charge in [-0.1, -0.05) is 19.1 Å². The zero-order valence-electron chi connectivity index (χ0n) is 17.6. The molecule has 8 nitrogen and oxygen atoms in total. The summed E-state index contributed by atoms with van der Waals surface area (Å²) in [5.74, 6) is 0.699. The fourth-order valence-electron chi connectivity index (χ4n) is 3.57. The van der Waals surface area contributed by atoms with Crippen LogP contribution in [0.15, 0.2) is 40.2 Å². The van der Waals surface area contributed by atoms with Gasteiger partial charge in [-0.15, -0.1) is 11.8 Å². The van der Waals surface area contributed by atoms with Gasteiger partial charge in [0, 0.05) is 42.3 Å². The Labute approximate surface area is 181 Å². The molecule has 1 aliphatic rings. The van der Waals surface area contributed by atoms with Crippen LogP contribution < -0.4 is 15.1 Å². The summed E-state index contributed by atoms with van der Waals surface area (Å²) in [6, 6.07) is 10.1. The molecule has 30 heavy (non-hydrogen) atoms. The maximum Gasteiger partial charge on any atom is 0.240 e. The number of hydrogen-bond donors (Lipinski definition) is 3. The minimum Gasteiger partial charge on any atom is -0.479 e. The lowest BCUT2D eigenvalue weighted by atomic mass is 10.1. The van der Waals surface area contributed by atoms with Crippen LogP contribution in [0.2, 0.25) is 0 Å². The van der Waals surface area contributed by atoms with E-state index < -0.39 is 0 Å². The van der Waals surface area contributed by atoms with Crippen molar-refractivity contribution in [2.75, 3.05) is 44.4 Å². The largest absolute Gasteiger partial charge is 0.479 e. The maximum atomic E-state index is 9.75. The number of thioether (sulfide) groups is 1. The van der Waals surface area contributed by atoms with E-state index in [0.29, 0.717) is 42.6 Å². The highest BCUT2D eigenvalue weighted by Gasteiger charge is 2.22. The van der Waals surface area contributed by atoms with E-state index in [9.17, 15) is 10.3 Å². The van der Waals surface area contributed by atoms with E-state index in [0.717, 1.165) is 18.8 Å². The van der Waals surface area contributed by atoms with E-state index in [4.69, 9.17) is 4.74 Å². The van der Waals surface area contributed by atoms with Crippen LogP contribution in [0, 0.1) is 0 Å². The summed E-state index contributed by atoms with van der Waals surface area (Å²) in [6.07, 6.45) is 2.77. The van der Waals surface area contributed by atoms with E-state index in [1.165, 1.54) is 17.7 Å². The Morgan fingerprint density at radius 1 is 1.27 bits per heavy atom. The fourth-order valence-corrected chi connectivity index (χ4v) is 4.19. The second-order valence-electron chi connectivity index (χ2n) is 6.83. The molecule has 0 amide bonds. The predicted molar refractivity (Wildman–Crippen MR) is 120 cm³/mol. The number of nitrogens with one attached hydrogen (secondary N) is 1. The molecule has 1 saturated heterocycles. The number of guanidine groups is 1. The molecule has 1 aliphatic heterocycles. The lowest BCUT2D eigenvalue weighted by Gasteiger charge is -2.37. The van der Waals surface area contributed by atoms with Gasteiger partial charge in [-0.2, -0.15) is 0 Å². The number of rotatable bonds is 6. The number of aliphatic hydroxyl groups is 1. The van der Waals surface area contributed by atoms with Crippen LogP contribution in [0.25, 0.3) is 0 Å². The van der Waals surface area contributed by atoms with Crippen LogP contribution in [-0.4, -0.2) is 65.7 Å². The number of pyridine rings is 1. The highest BCUT2D eigenvalue weighted by Crippen LogP contribution is 2.30. The van der Waals surface area contributed by atoms with Gasteiger partial charge in [0.25, 0.3) is 0 Å². The molecule has 1 aromatic heterocycles. The van der Waals surface area contributed by atoms with Crippen LogP contribution in [0.3, 0.4) is 0 Å². The first-order chi connectivity index (χ1) is 14.6. The lowest BCUT2D eigenvalue weighted by Crippen LogP contribution is -2.52. The minimum absolute atomic E-state index is 0.127. The first-order valence-corrected chi connectivity index (χ1v) is 11.2. The Bertz CT molecular complexity index is 885. The van der Waals surface area contributed by atoms with Crippen LogP contribution in [0.4, 0.5) is 11.4 Å². The second-order valence-corrected chi connectivity index (χ2v) is 7.68. The number of aromatic nitrogens is 1. The van der Waals surface area contributed by atoms with Gasteiger partial charge in [-0.3, -0.25) is 5.21 Å². The van der Waals surface area contributed by atoms with Gasteiger partial charge in [0.05, 0.1) is 19.4 Å². The highest BCUT2D eigenvalue weighted by atomic mass is 32.2. The zero-order valence-corrected chi connectivity index (χ0v) is 18.4. The Morgan fingerprint density at radius 3 is 2.60 bits per heavy atom. The summed E-state index contributed by atoms with van der Waals surface area (Å²) in [5.41, 5.74) is 5.39. The molecular weight excluding hydrogens is 402 g/mol. The summed E-state index contributed by atoms with van der Waals surface area (Å²) >= 11 is 1.74. The van der Waals surface area contributed by atoms with Crippen molar-refractivity contribution in [3.63, 3.8) is 0 Å². The van der Waals surface area contributed by atoms with Crippen molar-refractivity contribution >= 4 is 29.1 Å². The first-order valence-electron chi connectivity index (χ1n) is 9.94. The molecule has 1 fully saturated rings. The molecule has 9 heteroatoms. The number of ether oxygens (including phenoxy) is 1. The molecular formula is C21H29N5O3S. The third-order valence-electron chi connectivity index (χ3n) is 5.17. The molecule has 0 saturated carbocycles. The summed E-state index contributed by atoms with van der Waals surface area (Å²) in [7, 11) is 1.54. The smallest absolute Gasteiger partial charge is 0.240 e. The van der Waals surface area contributed by atoms with Crippen molar-refractivity contribution in [1.82, 2.24) is 15.4 Å². The minimum atomic E-state index is -0.127. The quantitative estimate of drug-likeness (QED) is 0.278. The van der Waals surface area contributed by atoms with Gasteiger partial charge >= 0.3 is 0 Å². The van der Waals surface area contributed by atoms with Gasteiger partial charge in [0.2, 0.25) is 11.8 Å². The van der Waals surface area contributed by atoms with Crippen LogP contribution >= 0.6 is 11.8 Å². The summed E-state index contributed by atoms with van der Waals surface area (Å²) in [5, 5.41) is 19.4. The Hall–Kier alpha value is -2.49. The number of para-hydroxylation sites is 1. The second kappa shape index (κ2) is 10.5. The topological polar surface area (TPSA) is 93.5 Å². The first kappa shape index (κ1) is 22.2. The number of aliphatic imine (C=N–C) groups is 1. The molecule has 0 bridgehead atoms. The van der Waals surface area contributed by atoms with Crippen molar-refractivity contribution < 1.29 is 15.1 Å². The van der Waals surface area contributed by atoms with Gasteiger partial charge in [0.1, 0.15) is 5.69 Å². The van der Waals surface area contributed by atoms with E-state index in [1.807, 2.05) is 11.8 Å². The highest BCUT2D eigenvalue weighted by molar-refractivity contribution is 7.98. The normalized spacial score (nSPS) is 14.8. The number of nitrogens with zero attached hydrogens (tertiary/aromatic N) is 4. The number of benzene rings is 1. The number of anilines is 1. The van der Waals surface area contributed by atoms with Crippen molar-refractivity contribution in [3.05, 3.63) is 41.6 Å². The number of hydroxylamine groups is 1. The third kappa shape index (κ3) is 4.80. The summed E-state index contributed by atoms with van der Waals surface area (Å²) < 4.78 is 5.38. The third-order valence-corrected chi connectivity index (χ3v) is 5.95. The number of hydrogen-bond acceptors (Lipinski definition) is 7. The Balaban J connectivity index is 1.80. The van der Waals surface area contributed by atoms with E-state index in [-0.39, 0.29) is 6.61 Å². The summed E-state index contributed by atoms with van der Waals surface area (Å²) in [6.45, 7) is 4.86. The molecule has 0 unspecified atom stereocenters. The molecule has 162 valence electrons. The molecule has 0 radical (unpaired) electrons. The number of aliphatic hydroxyl groups excluding tert-OH is 1. The zero-order chi connectivity index (χ0) is 21.5. The van der Waals surface area contributed by atoms with Crippen LogP contribution in [0.1, 0.15) is 18.2 Å². The molecule has 3 rings (SSSR count). The van der Waals surface area contributed by atoms with Crippen molar-refractivity contribution in [1.29, 1.82) is 0 Å². The molecule has 2 aromatic rings. The average Bonchev–Trinajstić information content (AvgIpc) is 2.82. The van der Waals surface area contributed by atoms with E-state index in [1.54, 1.807) is 17.8 Å². The monoisotopic (exact) mass is 431 g/mol. The van der Waals surface area contributed by atoms with E-state index in [2.05, 4.69) is 50.9 Å². The Kier molecular flexibility index (Phi) is 7.78. The van der Waals surface area contributed by atoms with Crippen molar-refractivity contribution in [2.45, 2.75) is 24.8 Å². The number of piperazine rings is 1. The summed E-state index contributed by atoms with van der Waals surface area (Å²) in [4.78, 5) is 14.6.